The van der Waals surface area contributed by atoms with Gasteiger partial charge in [-0.1, -0.05) is 49.7 Å². The Morgan fingerprint density at radius 1 is 0.700 bits per heavy atom. The Kier molecular flexibility index (Phi) is 8.20. The molecule has 2 aromatic rings. The van der Waals surface area contributed by atoms with Crippen LogP contribution in [0.5, 0.6) is 0 Å². The van der Waals surface area contributed by atoms with Crippen molar-refractivity contribution in [2.45, 2.75) is 66.0 Å². The van der Waals surface area contributed by atoms with Gasteiger partial charge in [-0.05, 0) is 76.9 Å². The van der Waals surface area contributed by atoms with Crippen LogP contribution in [-0.2, 0) is 0 Å². The Hall–Kier alpha value is -2.19. The first kappa shape index (κ1) is 24.1. The van der Waals surface area contributed by atoms with Crippen LogP contribution in [0.2, 0.25) is 39.3 Å². The summed E-state index contributed by atoms with van der Waals surface area (Å²) in [6.07, 6.45) is 1.95. The fourth-order valence-corrected chi connectivity index (χ4v) is 5.91. The smallest absolute Gasteiger partial charge is 0.176 e. The second-order valence-corrected chi connectivity index (χ2v) is 19.1. The van der Waals surface area contributed by atoms with Gasteiger partial charge in [0.1, 0.15) is 0 Å². The molecule has 0 N–H and O–H groups in total. The number of nitrogens with zero attached hydrogens (tertiary/aromatic N) is 4. The molecule has 0 radical (unpaired) electrons. The number of benzene rings is 2. The highest BCUT2D eigenvalue weighted by molar-refractivity contribution is 6.80. The van der Waals surface area contributed by atoms with Crippen molar-refractivity contribution in [1.29, 1.82) is 0 Å². The zero-order valence-electron chi connectivity index (χ0n) is 20.0. The van der Waals surface area contributed by atoms with Crippen LogP contribution in [-0.4, -0.2) is 27.9 Å². The van der Waals surface area contributed by atoms with Gasteiger partial charge in [0.15, 0.2) is 16.5 Å². The van der Waals surface area contributed by atoms with Crippen molar-refractivity contribution in [3.8, 4) is 0 Å². The molecule has 2 rings (SSSR count). The molecule has 0 saturated carbocycles. The number of anilines is 2. The summed E-state index contributed by atoms with van der Waals surface area (Å²) in [4.78, 5) is 0. The van der Waals surface area contributed by atoms with Crippen LogP contribution >= 0.6 is 0 Å². The maximum Gasteiger partial charge on any atom is 0.176 e. The maximum absolute atomic E-state index is 5.21. The van der Waals surface area contributed by atoms with Crippen molar-refractivity contribution < 1.29 is 0 Å². The van der Waals surface area contributed by atoms with E-state index in [1.54, 1.807) is 0 Å². The Morgan fingerprint density at radius 3 is 1.47 bits per heavy atom. The molecule has 6 heteroatoms. The highest BCUT2D eigenvalue weighted by atomic mass is 28.3. The molecule has 162 valence electrons. The van der Waals surface area contributed by atoms with Crippen LogP contribution < -0.4 is 9.35 Å². The van der Waals surface area contributed by atoms with Crippen molar-refractivity contribution in [2.75, 3.05) is 9.35 Å². The molecule has 4 nitrogen and oxygen atoms in total. The monoisotopic (exact) mass is 438 g/mol. The van der Waals surface area contributed by atoms with E-state index in [2.05, 4.69) is 123 Å². The molecule has 30 heavy (non-hydrogen) atoms. The van der Waals surface area contributed by atoms with Gasteiger partial charge in [0.05, 0.1) is 11.4 Å². The molecule has 0 saturated heterocycles. The van der Waals surface area contributed by atoms with E-state index < -0.39 is 16.5 Å². The van der Waals surface area contributed by atoms with E-state index in [1.165, 1.54) is 0 Å². The second-order valence-electron chi connectivity index (χ2n) is 9.62. The van der Waals surface area contributed by atoms with Crippen molar-refractivity contribution in [1.82, 2.24) is 0 Å². The third kappa shape index (κ3) is 6.67. The SMILES string of the molecule is CCCC(=NN(c1ccccc1)[Si](C)(C)C)C(C)=NN(c1ccccc1)[Si](C)(C)C. The van der Waals surface area contributed by atoms with E-state index in [4.69, 9.17) is 10.2 Å². The molecular formula is C24H38N4Si2. The summed E-state index contributed by atoms with van der Waals surface area (Å²) in [5.74, 6) is 0. The van der Waals surface area contributed by atoms with Crippen LogP contribution in [0.4, 0.5) is 11.4 Å². The van der Waals surface area contributed by atoms with Gasteiger partial charge >= 0.3 is 0 Å². The van der Waals surface area contributed by atoms with Crippen LogP contribution in [0.15, 0.2) is 70.9 Å². The summed E-state index contributed by atoms with van der Waals surface area (Å²) >= 11 is 0. The van der Waals surface area contributed by atoms with Gasteiger partial charge < -0.3 is 0 Å². The molecule has 0 spiro atoms. The van der Waals surface area contributed by atoms with Crippen LogP contribution in [0.3, 0.4) is 0 Å². The number of rotatable bonds is 9. The van der Waals surface area contributed by atoms with E-state index in [9.17, 15) is 0 Å². The number of hydrazone groups is 2. The lowest BCUT2D eigenvalue weighted by Crippen LogP contribution is -2.45. The van der Waals surface area contributed by atoms with Crippen molar-refractivity contribution >= 4 is 39.3 Å². The highest BCUT2D eigenvalue weighted by Gasteiger charge is 2.27. The van der Waals surface area contributed by atoms with Gasteiger partial charge in [0.2, 0.25) is 0 Å². The third-order valence-corrected chi connectivity index (χ3v) is 7.91. The first-order valence-corrected chi connectivity index (χ1v) is 17.8. The van der Waals surface area contributed by atoms with E-state index >= 15 is 0 Å². The molecule has 0 aliphatic heterocycles. The molecule has 0 fully saturated rings. The summed E-state index contributed by atoms with van der Waals surface area (Å²) in [6.45, 7) is 18.3. The molecule has 0 bridgehead atoms. The molecule has 0 atom stereocenters. The second kappa shape index (κ2) is 10.2. The Morgan fingerprint density at radius 2 is 1.10 bits per heavy atom. The summed E-state index contributed by atoms with van der Waals surface area (Å²) < 4.78 is 4.51. The van der Waals surface area contributed by atoms with Gasteiger partial charge in [-0.2, -0.15) is 10.2 Å². The van der Waals surface area contributed by atoms with Crippen LogP contribution in [0.25, 0.3) is 0 Å². The molecule has 0 aromatic heterocycles. The van der Waals surface area contributed by atoms with Crippen molar-refractivity contribution in [2.24, 2.45) is 10.2 Å². The molecular weight excluding hydrogens is 400 g/mol. The summed E-state index contributed by atoms with van der Waals surface area (Å²) in [5, 5.41) is 10.3. The lowest BCUT2D eigenvalue weighted by Gasteiger charge is -2.34. The average molecular weight is 439 g/mol. The number of hydrogen-bond donors (Lipinski definition) is 0. The molecule has 2 aromatic carbocycles. The van der Waals surface area contributed by atoms with E-state index in [-0.39, 0.29) is 0 Å². The van der Waals surface area contributed by atoms with Crippen molar-refractivity contribution in [3.05, 3.63) is 60.7 Å². The highest BCUT2D eigenvalue weighted by Crippen LogP contribution is 2.24. The number of para-hydroxylation sites is 2. The van der Waals surface area contributed by atoms with Gasteiger partial charge in [0.25, 0.3) is 0 Å². The normalized spacial score (nSPS) is 13.3. The minimum atomic E-state index is -1.72. The molecule has 0 aliphatic rings. The molecule has 0 heterocycles. The Labute approximate surface area is 185 Å². The average Bonchev–Trinajstić information content (AvgIpc) is 2.68. The summed E-state index contributed by atoms with van der Waals surface area (Å²) in [5.41, 5.74) is 4.38. The molecule has 0 amide bonds. The largest absolute Gasteiger partial charge is 0.295 e. The zero-order valence-corrected chi connectivity index (χ0v) is 22.0. The summed E-state index contributed by atoms with van der Waals surface area (Å²) in [6, 6.07) is 21.0. The minimum absolute atomic E-state index is 0.914. The maximum atomic E-state index is 5.21. The standard InChI is InChI=1S/C24H38N4Si2/c1-9-16-24(26-28(30(6,7)8)23-19-14-11-15-20-23)21(2)25-27(29(3,4)5)22-17-12-10-13-18-22/h10-15,17-20H,9,16H2,1-8H3. The number of hydrogen-bond acceptors (Lipinski definition) is 4. The van der Waals surface area contributed by atoms with Gasteiger partial charge in [-0.25, -0.2) is 0 Å². The molecule has 0 unspecified atom stereocenters. The third-order valence-electron chi connectivity index (χ3n) is 4.65. The Balaban J connectivity index is 2.53. The van der Waals surface area contributed by atoms with Crippen molar-refractivity contribution in [3.63, 3.8) is 0 Å². The Bertz CT molecular complexity index is 850. The minimum Gasteiger partial charge on any atom is -0.295 e. The van der Waals surface area contributed by atoms with Crippen LogP contribution in [0.1, 0.15) is 26.7 Å². The van der Waals surface area contributed by atoms with E-state index in [1.807, 2.05) is 0 Å². The first-order chi connectivity index (χ1) is 14.0. The lowest BCUT2D eigenvalue weighted by atomic mass is 10.1. The predicted octanol–water partition coefficient (Wildman–Crippen LogP) is 7.20. The van der Waals surface area contributed by atoms with Gasteiger partial charge in [0, 0.05) is 11.4 Å². The van der Waals surface area contributed by atoms with Gasteiger partial charge in [-0.15, -0.1) is 0 Å². The fraction of sp³-hybridized carbons (Fsp3) is 0.417. The van der Waals surface area contributed by atoms with Gasteiger partial charge in [-0.3, -0.25) is 9.35 Å². The van der Waals surface area contributed by atoms with E-state index in [0.29, 0.717) is 0 Å². The lowest BCUT2D eigenvalue weighted by molar-refractivity contribution is 0.980. The molecule has 0 aliphatic carbocycles. The zero-order chi connectivity index (χ0) is 22.4. The predicted molar refractivity (Wildman–Crippen MR) is 140 cm³/mol. The summed E-state index contributed by atoms with van der Waals surface area (Å²) in [7, 11) is -3.43. The topological polar surface area (TPSA) is 31.2 Å². The fourth-order valence-electron chi connectivity index (χ4n) is 3.20. The van der Waals surface area contributed by atoms with Crippen LogP contribution in [0, 0.1) is 0 Å². The van der Waals surface area contributed by atoms with E-state index in [0.717, 1.165) is 35.6 Å². The first-order valence-electron chi connectivity index (χ1n) is 10.9. The quantitative estimate of drug-likeness (QED) is 0.235.